The first-order valence-electron chi connectivity index (χ1n) is 16.3. The van der Waals surface area contributed by atoms with E-state index in [4.69, 9.17) is 11.5 Å². The third-order valence-electron chi connectivity index (χ3n) is 9.75. The summed E-state index contributed by atoms with van der Waals surface area (Å²) < 4.78 is 2.87. The van der Waals surface area contributed by atoms with Gasteiger partial charge in [0.1, 0.15) is 17.9 Å². The van der Waals surface area contributed by atoms with E-state index in [9.17, 15) is 24.3 Å². The summed E-state index contributed by atoms with van der Waals surface area (Å²) in [5.74, 6) is -1.02. The van der Waals surface area contributed by atoms with Crippen molar-refractivity contribution in [2.75, 3.05) is 11.5 Å². The van der Waals surface area contributed by atoms with Crippen molar-refractivity contribution >= 4 is 35.4 Å². The summed E-state index contributed by atoms with van der Waals surface area (Å²) in [6.07, 6.45) is 12.6. The van der Waals surface area contributed by atoms with Crippen molar-refractivity contribution in [2.45, 2.75) is 63.9 Å². The van der Waals surface area contributed by atoms with E-state index in [0.717, 1.165) is 25.7 Å². The second-order valence-electron chi connectivity index (χ2n) is 13.5. The average Bonchev–Trinajstić information content (AvgIpc) is 4.05. The Hall–Kier alpha value is -5.62. The van der Waals surface area contributed by atoms with Crippen LogP contribution in [-0.2, 0) is 17.1 Å². The maximum Gasteiger partial charge on any atom is 0.254 e. The molecule has 1 amide bonds. The van der Waals surface area contributed by atoms with Crippen molar-refractivity contribution in [3.63, 3.8) is 0 Å². The predicted molar refractivity (Wildman–Crippen MR) is 182 cm³/mol. The van der Waals surface area contributed by atoms with E-state index < -0.39 is 22.6 Å². The van der Waals surface area contributed by atoms with Gasteiger partial charge in [0, 0.05) is 39.8 Å². The van der Waals surface area contributed by atoms with Crippen LogP contribution in [0.2, 0.25) is 0 Å². The fourth-order valence-corrected chi connectivity index (χ4v) is 6.73. The highest BCUT2D eigenvalue weighted by Gasteiger charge is 2.53. The number of aliphatic hydroxyl groups is 1. The molecule has 4 aromatic rings. The Morgan fingerprint density at radius 1 is 0.898 bits per heavy atom. The molecule has 1 atom stereocenters. The normalized spacial score (nSPS) is 19.7. The number of aldehydes is 1. The van der Waals surface area contributed by atoms with Gasteiger partial charge in [-0.1, -0.05) is 62.4 Å². The molecule has 0 aliphatic heterocycles. The highest BCUT2D eigenvalue weighted by Crippen LogP contribution is 2.48. The first-order chi connectivity index (χ1) is 23.5. The molecule has 7 rings (SSSR count). The molecule has 0 bridgehead atoms. The van der Waals surface area contributed by atoms with Gasteiger partial charge in [-0.3, -0.25) is 19.2 Å². The number of anilines is 2. The highest BCUT2D eigenvalue weighted by atomic mass is 16.3. The number of aliphatic hydroxyl groups excluding tert-OH is 1. The van der Waals surface area contributed by atoms with Gasteiger partial charge in [-0.2, -0.15) is 10.2 Å². The molecular weight excluding hydrogens is 622 g/mol. The van der Waals surface area contributed by atoms with E-state index in [1.165, 1.54) is 27.8 Å². The Morgan fingerprint density at radius 2 is 1.45 bits per heavy atom. The van der Waals surface area contributed by atoms with Gasteiger partial charge >= 0.3 is 0 Å². The zero-order chi connectivity index (χ0) is 34.7. The van der Waals surface area contributed by atoms with Crippen molar-refractivity contribution in [3.05, 3.63) is 118 Å². The van der Waals surface area contributed by atoms with Gasteiger partial charge in [0.05, 0.1) is 30.1 Å². The molecule has 2 fully saturated rings. The molecule has 1 unspecified atom stereocenters. The summed E-state index contributed by atoms with van der Waals surface area (Å²) in [4.78, 5) is 55.2. The Bertz CT molecular complexity index is 2070. The van der Waals surface area contributed by atoms with Gasteiger partial charge in [-0.05, 0) is 49.5 Å². The van der Waals surface area contributed by atoms with Gasteiger partial charge in [0.2, 0.25) is 0 Å². The van der Waals surface area contributed by atoms with Crippen molar-refractivity contribution in [2.24, 2.45) is 5.41 Å². The maximum atomic E-state index is 14.2. The Kier molecular flexibility index (Phi) is 7.70. The number of allylic oxidation sites excluding steroid dienone is 2. The monoisotopic (exact) mass is 659 g/mol. The van der Waals surface area contributed by atoms with Gasteiger partial charge in [0.15, 0.2) is 17.2 Å². The molecule has 3 aliphatic rings. The number of aromatic nitrogens is 4. The fraction of sp³-hybridized carbons (Fsp3) is 0.297. The van der Waals surface area contributed by atoms with Crippen LogP contribution in [0.5, 0.6) is 0 Å². The lowest BCUT2D eigenvalue weighted by atomic mass is 9.73. The van der Waals surface area contributed by atoms with Crippen molar-refractivity contribution in [3.8, 4) is 0 Å². The van der Waals surface area contributed by atoms with E-state index in [-0.39, 0.29) is 52.9 Å². The number of ketones is 2. The number of amides is 1. The van der Waals surface area contributed by atoms with E-state index in [1.807, 2.05) is 24.8 Å². The van der Waals surface area contributed by atoms with Gasteiger partial charge in [0.25, 0.3) is 5.91 Å². The minimum Gasteiger partial charge on any atom is -0.392 e. The van der Waals surface area contributed by atoms with Crippen molar-refractivity contribution in [1.82, 2.24) is 24.5 Å². The summed E-state index contributed by atoms with van der Waals surface area (Å²) >= 11 is 0. The van der Waals surface area contributed by atoms with Crippen LogP contribution in [0.1, 0.15) is 87.3 Å². The topological polar surface area (TPSA) is 179 Å². The standard InChI is InChI=1S/C37H37N7O5/c1-36(2)14-13-26(35(49)42(27-9-10-27)28-11-12-28)17-37(36,43-33(38)29(18-40-43)31(47)24-7-3-5-22(15-24)20-45)44-34(39)30(19-41-44)32(48)25-8-4-6-23(16-25)21-46/h3-8,13-20,27-28,46H,9-12,21,38-39H2,1-2H3. The summed E-state index contributed by atoms with van der Waals surface area (Å²) in [7, 11) is 0. The molecule has 49 heavy (non-hydrogen) atoms. The third kappa shape index (κ3) is 5.28. The lowest BCUT2D eigenvalue weighted by Crippen LogP contribution is -2.54. The summed E-state index contributed by atoms with van der Waals surface area (Å²) in [6, 6.07) is 13.3. The quantitative estimate of drug-likeness (QED) is 0.159. The SMILES string of the molecule is CC1(C)C=CC(C(=O)N(C2CC2)C2CC2)=CC1(n1ncc(C(=O)c2cccc(C=O)c2)c1N)n1ncc(C(=O)c2cccc(CO)c2)c1N. The summed E-state index contributed by atoms with van der Waals surface area (Å²) in [5, 5.41) is 19.0. The Morgan fingerprint density at radius 3 is 1.98 bits per heavy atom. The Balaban J connectivity index is 1.41. The molecule has 12 heteroatoms. The molecule has 0 radical (unpaired) electrons. The second kappa shape index (κ2) is 11.8. The van der Waals surface area contributed by atoms with Crippen LogP contribution in [0, 0.1) is 5.41 Å². The largest absolute Gasteiger partial charge is 0.392 e. The molecule has 2 aromatic carbocycles. The van der Waals surface area contributed by atoms with Crippen LogP contribution in [0.15, 0.2) is 84.7 Å². The predicted octanol–water partition coefficient (Wildman–Crippen LogP) is 3.89. The number of hydrogen-bond donors (Lipinski definition) is 3. The molecule has 2 saturated carbocycles. The minimum absolute atomic E-state index is 0.00599. The van der Waals surface area contributed by atoms with Crippen LogP contribution in [0.4, 0.5) is 11.6 Å². The fourth-order valence-electron chi connectivity index (χ4n) is 6.73. The number of nitrogens with zero attached hydrogens (tertiary/aromatic N) is 5. The summed E-state index contributed by atoms with van der Waals surface area (Å²) in [5.41, 5.74) is 13.2. The van der Waals surface area contributed by atoms with Crippen LogP contribution in [0.3, 0.4) is 0 Å². The van der Waals surface area contributed by atoms with Crippen molar-refractivity contribution < 1.29 is 24.3 Å². The Labute approximate surface area is 282 Å². The molecule has 0 spiro atoms. The van der Waals surface area contributed by atoms with E-state index in [0.29, 0.717) is 28.5 Å². The molecule has 2 heterocycles. The van der Waals surface area contributed by atoms with Gasteiger partial charge in [-0.15, -0.1) is 0 Å². The molecule has 5 N–H and O–H groups in total. The lowest BCUT2D eigenvalue weighted by molar-refractivity contribution is -0.128. The van der Waals surface area contributed by atoms with Crippen LogP contribution < -0.4 is 11.5 Å². The minimum atomic E-state index is -1.55. The van der Waals surface area contributed by atoms with E-state index >= 15 is 0 Å². The first kappa shape index (κ1) is 32.0. The number of carbonyl (C=O) groups is 4. The number of carbonyl (C=O) groups excluding carboxylic acids is 4. The van der Waals surface area contributed by atoms with Crippen molar-refractivity contribution in [1.29, 1.82) is 0 Å². The van der Waals surface area contributed by atoms with Crippen LogP contribution in [-0.4, -0.2) is 65.4 Å². The highest BCUT2D eigenvalue weighted by molar-refractivity contribution is 6.12. The van der Waals surface area contributed by atoms with Gasteiger partial charge < -0.3 is 21.5 Å². The van der Waals surface area contributed by atoms with Crippen LogP contribution >= 0.6 is 0 Å². The number of nitrogen functional groups attached to an aromatic ring is 2. The molecule has 250 valence electrons. The first-order valence-corrected chi connectivity index (χ1v) is 16.3. The number of hydrogen-bond acceptors (Lipinski definition) is 9. The summed E-state index contributed by atoms with van der Waals surface area (Å²) in [6.45, 7) is 3.58. The molecular formula is C37H37N7O5. The molecule has 0 saturated heterocycles. The zero-order valence-corrected chi connectivity index (χ0v) is 27.2. The number of benzene rings is 2. The number of nitrogens with two attached hydrogens (primary N) is 2. The average molecular weight is 660 g/mol. The second-order valence-corrected chi connectivity index (χ2v) is 13.5. The molecule has 12 nitrogen and oxygen atoms in total. The van der Waals surface area contributed by atoms with Gasteiger partial charge in [-0.25, -0.2) is 9.36 Å². The maximum absolute atomic E-state index is 14.2. The third-order valence-corrected chi connectivity index (χ3v) is 9.75. The number of rotatable bonds is 11. The molecule has 2 aromatic heterocycles. The van der Waals surface area contributed by atoms with E-state index in [2.05, 4.69) is 10.2 Å². The smallest absolute Gasteiger partial charge is 0.254 e. The lowest BCUT2D eigenvalue weighted by Gasteiger charge is -2.46. The van der Waals surface area contributed by atoms with Crippen LogP contribution in [0.25, 0.3) is 0 Å². The van der Waals surface area contributed by atoms with E-state index in [1.54, 1.807) is 54.6 Å². The zero-order valence-electron chi connectivity index (χ0n) is 27.2. The molecule has 3 aliphatic carbocycles.